The molecule has 138 valence electrons. The van der Waals surface area contributed by atoms with Gasteiger partial charge in [-0.05, 0) is 24.3 Å². The molecule has 1 aliphatic rings. The largest absolute Gasteiger partial charge is 0.497 e. The average Bonchev–Trinajstić information content (AvgIpc) is 2.68. The van der Waals surface area contributed by atoms with E-state index in [9.17, 15) is 18.5 Å². The smallest absolute Gasteiger partial charge is 0.293 e. The lowest BCUT2D eigenvalue weighted by Crippen LogP contribution is -2.48. The van der Waals surface area contributed by atoms with E-state index in [1.165, 1.54) is 23.5 Å². The third-order valence-electron chi connectivity index (χ3n) is 4.34. The summed E-state index contributed by atoms with van der Waals surface area (Å²) in [4.78, 5) is 12.4. The van der Waals surface area contributed by atoms with Crippen LogP contribution in [0.4, 0.5) is 11.4 Å². The number of ether oxygens (including phenoxy) is 1. The molecule has 2 aromatic carbocycles. The number of para-hydroxylation sites is 1. The fourth-order valence-electron chi connectivity index (χ4n) is 2.95. The molecule has 3 rings (SSSR count). The molecule has 2 aromatic rings. The molecule has 1 heterocycles. The summed E-state index contributed by atoms with van der Waals surface area (Å²) >= 11 is 0. The van der Waals surface area contributed by atoms with E-state index in [4.69, 9.17) is 4.74 Å². The van der Waals surface area contributed by atoms with Gasteiger partial charge in [0, 0.05) is 31.9 Å². The fraction of sp³-hybridized carbons (Fsp3) is 0.294. The summed E-state index contributed by atoms with van der Waals surface area (Å²) in [6.45, 7) is 1.57. The molecule has 0 saturated carbocycles. The van der Waals surface area contributed by atoms with Crippen molar-refractivity contribution in [2.75, 3.05) is 38.2 Å². The van der Waals surface area contributed by atoms with Crippen LogP contribution in [-0.2, 0) is 10.0 Å². The van der Waals surface area contributed by atoms with E-state index < -0.39 is 20.6 Å². The normalized spacial score (nSPS) is 15.7. The monoisotopic (exact) mass is 377 g/mol. The third kappa shape index (κ3) is 3.49. The number of sulfonamides is 1. The molecule has 9 heteroatoms. The first kappa shape index (κ1) is 18.2. The standard InChI is InChI=1S/C17H19N3O5S/c1-25-15-7-8-17(16(13-15)20(21)22)26(23,24)19-11-9-18(10-12-19)14-5-3-2-4-6-14/h2-8,13H,9-12H2,1H3. The van der Waals surface area contributed by atoms with Gasteiger partial charge in [-0.15, -0.1) is 0 Å². The molecule has 0 N–H and O–H groups in total. The molecule has 0 amide bonds. The van der Waals surface area contributed by atoms with E-state index >= 15 is 0 Å². The molecule has 0 atom stereocenters. The molecule has 1 aliphatic heterocycles. The van der Waals surface area contributed by atoms with E-state index in [1.54, 1.807) is 0 Å². The van der Waals surface area contributed by atoms with Gasteiger partial charge in [-0.25, -0.2) is 8.42 Å². The Balaban J connectivity index is 1.83. The quantitative estimate of drug-likeness (QED) is 0.585. The van der Waals surface area contributed by atoms with Crippen molar-refractivity contribution in [1.82, 2.24) is 4.31 Å². The predicted molar refractivity (Wildman–Crippen MR) is 97.1 cm³/mol. The second-order valence-corrected chi connectivity index (χ2v) is 7.72. The lowest BCUT2D eigenvalue weighted by atomic mass is 10.2. The number of nitro benzene ring substituents is 1. The first-order chi connectivity index (χ1) is 12.4. The van der Waals surface area contributed by atoms with Gasteiger partial charge in [0.1, 0.15) is 5.75 Å². The molecule has 0 bridgehead atoms. The number of nitro groups is 1. The maximum atomic E-state index is 12.9. The van der Waals surface area contributed by atoms with Crippen molar-refractivity contribution in [2.24, 2.45) is 0 Å². The Kier molecular flexibility index (Phi) is 5.10. The highest BCUT2D eigenvalue weighted by Gasteiger charge is 2.34. The van der Waals surface area contributed by atoms with Crippen LogP contribution in [0.2, 0.25) is 0 Å². The van der Waals surface area contributed by atoms with Crippen molar-refractivity contribution in [1.29, 1.82) is 0 Å². The van der Waals surface area contributed by atoms with Crippen molar-refractivity contribution >= 4 is 21.4 Å². The predicted octanol–water partition coefficient (Wildman–Crippen LogP) is 2.11. The van der Waals surface area contributed by atoms with E-state index in [1.807, 2.05) is 30.3 Å². The molecular weight excluding hydrogens is 358 g/mol. The van der Waals surface area contributed by atoms with Crippen LogP contribution >= 0.6 is 0 Å². The fourth-order valence-corrected chi connectivity index (χ4v) is 4.51. The van der Waals surface area contributed by atoms with Gasteiger partial charge < -0.3 is 9.64 Å². The first-order valence-corrected chi connectivity index (χ1v) is 9.50. The summed E-state index contributed by atoms with van der Waals surface area (Å²) in [7, 11) is -2.59. The van der Waals surface area contributed by atoms with Crippen molar-refractivity contribution in [3.05, 3.63) is 58.6 Å². The Hall–Kier alpha value is -2.65. The molecule has 0 aromatic heterocycles. The molecule has 0 unspecified atom stereocenters. The highest BCUT2D eigenvalue weighted by molar-refractivity contribution is 7.89. The molecular formula is C17H19N3O5S. The van der Waals surface area contributed by atoms with Crippen LogP contribution < -0.4 is 9.64 Å². The number of nitrogens with zero attached hydrogens (tertiary/aromatic N) is 3. The van der Waals surface area contributed by atoms with Crippen LogP contribution in [0.5, 0.6) is 5.75 Å². The molecule has 1 fully saturated rings. The van der Waals surface area contributed by atoms with Gasteiger partial charge in [0.25, 0.3) is 5.69 Å². The summed E-state index contributed by atoms with van der Waals surface area (Å²) in [6.07, 6.45) is 0. The Morgan fingerprint density at radius 1 is 1.04 bits per heavy atom. The molecule has 8 nitrogen and oxygen atoms in total. The van der Waals surface area contributed by atoms with Crippen LogP contribution in [0.1, 0.15) is 0 Å². The van der Waals surface area contributed by atoms with Crippen LogP contribution in [0.3, 0.4) is 0 Å². The topological polar surface area (TPSA) is 93.0 Å². The summed E-state index contributed by atoms with van der Waals surface area (Å²) in [5, 5.41) is 11.3. The van der Waals surface area contributed by atoms with Gasteiger partial charge in [-0.2, -0.15) is 4.31 Å². The van der Waals surface area contributed by atoms with Crippen molar-refractivity contribution in [3.63, 3.8) is 0 Å². The Morgan fingerprint density at radius 3 is 2.27 bits per heavy atom. The minimum atomic E-state index is -3.96. The Labute approximate surface area is 151 Å². The number of hydrogen-bond donors (Lipinski definition) is 0. The number of piperazine rings is 1. The van der Waals surface area contributed by atoms with Crippen LogP contribution in [0.25, 0.3) is 0 Å². The van der Waals surface area contributed by atoms with Gasteiger partial charge in [-0.3, -0.25) is 10.1 Å². The van der Waals surface area contributed by atoms with Gasteiger partial charge in [0.05, 0.1) is 18.1 Å². The van der Waals surface area contributed by atoms with Crippen LogP contribution in [0, 0.1) is 10.1 Å². The van der Waals surface area contributed by atoms with Crippen molar-refractivity contribution in [2.45, 2.75) is 4.90 Å². The molecule has 0 aliphatic carbocycles. The second-order valence-electron chi connectivity index (χ2n) is 5.82. The third-order valence-corrected chi connectivity index (χ3v) is 6.29. The first-order valence-electron chi connectivity index (χ1n) is 8.06. The zero-order chi connectivity index (χ0) is 18.7. The zero-order valence-electron chi connectivity index (χ0n) is 14.2. The second kappa shape index (κ2) is 7.30. The highest BCUT2D eigenvalue weighted by atomic mass is 32.2. The Morgan fingerprint density at radius 2 is 1.69 bits per heavy atom. The number of anilines is 1. The van der Waals surface area contributed by atoms with E-state index in [0.29, 0.717) is 13.1 Å². The minimum absolute atomic E-state index is 0.240. The van der Waals surface area contributed by atoms with Crippen molar-refractivity contribution < 1.29 is 18.1 Å². The lowest BCUT2D eigenvalue weighted by Gasteiger charge is -2.35. The number of benzene rings is 2. The summed E-state index contributed by atoms with van der Waals surface area (Å²) in [5.41, 5.74) is 0.551. The lowest BCUT2D eigenvalue weighted by molar-refractivity contribution is -0.387. The van der Waals surface area contributed by atoms with Crippen LogP contribution in [0.15, 0.2) is 53.4 Å². The van der Waals surface area contributed by atoms with E-state index in [2.05, 4.69) is 4.90 Å². The molecule has 1 saturated heterocycles. The maximum Gasteiger partial charge on any atom is 0.293 e. The zero-order valence-corrected chi connectivity index (χ0v) is 15.1. The highest BCUT2D eigenvalue weighted by Crippen LogP contribution is 2.31. The molecule has 0 radical (unpaired) electrons. The number of methoxy groups -OCH3 is 1. The van der Waals surface area contributed by atoms with E-state index in [-0.39, 0.29) is 23.7 Å². The van der Waals surface area contributed by atoms with Crippen LogP contribution in [-0.4, -0.2) is 50.9 Å². The van der Waals surface area contributed by atoms with Crippen molar-refractivity contribution in [3.8, 4) is 5.75 Å². The SMILES string of the molecule is COc1ccc(S(=O)(=O)N2CCN(c3ccccc3)CC2)c([N+](=O)[O-])c1. The molecule has 26 heavy (non-hydrogen) atoms. The molecule has 0 spiro atoms. The number of hydrogen-bond acceptors (Lipinski definition) is 6. The number of rotatable bonds is 5. The van der Waals surface area contributed by atoms with E-state index in [0.717, 1.165) is 11.8 Å². The summed E-state index contributed by atoms with van der Waals surface area (Å²) < 4.78 is 32.1. The maximum absolute atomic E-state index is 12.9. The average molecular weight is 377 g/mol. The summed E-state index contributed by atoms with van der Waals surface area (Å²) in [5.74, 6) is 0.240. The minimum Gasteiger partial charge on any atom is -0.497 e. The van der Waals surface area contributed by atoms with Gasteiger partial charge in [0.2, 0.25) is 10.0 Å². The Bertz CT molecular complexity index is 894. The summed E-state index contributed by atoms with van der Waals surface area (Å²) in [6, 6.07) is 13.5. The van der Waals surface area contributed by atoms with Gasteiger partial charge in [-0.1, -0.05) is 18.2 Å². The van der Waals surface area contributed by atoms with Gasteiger partial charge >= 0.3 is 0 Å². The van der Waals surface area contributed by atoms with Gasteiger partial charge in [0.15, 0.2) is 4.90 Å².